The summed E-state index contributed by atoms with van der Waals surface area (Å²) in [4.78, 5) is 12.1. The van der Waals surface area contributed by atoms with E-state index in [1.54, 1.807) is 18.1 Å². The van der Waals surface area contributed by atoms with Crippen LogP contribution in [0.1, 0.15) is 43.1 Å². The summed E-state index contributed by atoms with van der Waals surface area (Å²) in [6, 6.07) is 7.53. The quantitative estimate of drug-likeness (QED) is 0.475. The van der Waals surface area contributed by atoms with Gasteiger partial charge in [0.15, 0.2) is 5.16 Å². The molecule has 0 spiro atoms. The third-order valence-electron chi connectivity index (χ3n) is 3.91. The first-order valence-corrected chi connectivity index (χ1v) is 8.90. The summed E-state index contributed by atoms with van der Waals surface area (Å²) in [6.07, 6.45) is 2.68. The van der Waals surface area contributed by atoms with Gasteiger partial charge in [0.25, 0.3) is 5.91 Å². The first-order valence-electron chi connectivity index (χ1n) is 7.91. The molecule has 1 N–H and O–H groups in total. The summed E-state index contributed by atoms with van der Waals surface area (Å²) in [5.41, 5.74) is 5.27. The maximum atomic E-state index is 12.1. The average Bonchev–Trinajstić information content (AvgIpc) is 3.02. The zero-order chi connectivity index (χ0) is 17.5. The number of benzene rings is 1. The predicted molar refractivity (Wildman–Crippen MR) is 97.0 cm³/mol. The molecule has 1 heterocycles. The third kappa shape index (κ3) is 4.92. The lowest BCUT2D eigenvalue weighted by molar-refractivity contribution is 0.0954. The zero-order valence-corrected chi connectivity index (χ0v) is 15.3. The van der Waals surface area contributed by atoms with Crippen molar-refractivity contribution in [1.82, 2.24) is 20.2 Å². The Bertz CT molecular complexity index is 708. The second-order valence-electron chi connectivity index (χ2n) is 5.71. The van der Waals surface area contributed by atoms with Crippen molar-refractivity contribution in [2.45, 2.75) is 38.1 Å². The molecule has 1 aromatic carbocycles. The largest absolute Gasteiger partial charge is 0.312 e. The lowest BCUT2D eigenvalue weighted by Gasteiger charge is -2.08. The zero-order valence-electron chi connectivity index (χ0n) is 14.5. The van der Waals surface area contributed by atoms with E-state index in [0.717, 1.165) is 28.6 Å². The molecule has 1 amide bonds. The Morgan fingerprint density at radius 2 is 2.08 bits per heavy atom. The number of amides is 1. The minimum absolute atomic E-state index is 0.190. The standard InChI is InChI=1S/C17H23N5OS/c1-5-12(2)13(3)19-20-16(23)15-8-6-14(7-9-15)10-24-17-21-18-11-22(17)4/h6-9,11-12H,5,10H2,1-4H3,(H,20,23)/b19-13-/t12-/m0/s1. The SMILES string of the molecule is CC[C@H](C)/C(C)=N\NC(=O)c1ccc(CSc2nncn2C)cc1. The molecule has 1 atom stereocenters. The van der Waals surface area contributed by atoms with Gasteiger partial charge < -0.3 is 4.57 Å². The minimum Gasteiger partial charge on any atom is -0.312 e. The van der Waals surface area contributed by atoms with Gasteiger partial charge in [-0.1, -0.05) is 37.7 Å². The normalized spacial score (nSPS) is 12.9. The lowest BCUT2D eigenvalue weighted by Crippen LogP contribution is -2.20. The van der Waals surface area contributed by atoms with E-state index >= 15 is 0 Å². The van der Waals surface area contributed by atoms with Crippen LogP contribution in [0, 0.1) is 5.92 Å². The van der Waals surface area contributed by atoms with E-state index in [-0.39, 0.29) is 5.91 Å². The Hall–Kier alpha value is -2.15. The average molecular weight is 345 g/mol. The van der Waals surface area contributed by atoms with Gasteiger partial charge in [-0.3, -0.25) is 4.79 Å². The van der Waals surface area contributed by atoms with E-state index < -0.39 is 0 Å². The van der Waals surface area contributed by atoms with Crippen LogP contribution in [-0.2, 0) is 12.8 Å². The summed E-state index contributed by atoms with van der Waals surface area (Å²) in [5.74, 6) is 0.954. The topological polar surface area (TPSA) is 72.2 Å². The van der Waals surface area contributed by atoms with Crippen molar-refractivity contribution in [2.24, 2.45) is 18.1 Å². The minimum atomic E-state index is -0.190. The fraction of sp³-hybridized carbons (Fsp3) is 0.412. The Balaban J connectivity index is 1.91. The number of thioether (sulfide) groups is 1. The molecule has 0 fully saturated rings. The summed E-state index contributed by atoms with van der Waals surface area (Å²) in [5, 5.41) is 12.9. The van der Waals surface area contributed by atoms with Crippen LogP contribution in [0.3, 0.4) is 0 Å². The maximum absolute atomic E-state index is 12.1. The van der Waals surface area contributed by atoms with Crippen LogP contribution in [0.2, 0.25) is 0 Å². The second-order valence-corrected chi connectivity index (χ2v) is 6.66. The van der Waals surface area contributed by atoms with Crippen LogP contribution >= 0.6 is 11.8 Å². The molecule has 0 saturated carbocycles. The molecule has 2 rings (SSSR count). The van der Waals surface area contributed by atoms with Gasteiger partial charge in [0.1, 0.15) is 6.33 Å². The van der Waals surface area contributed by atoms with Crippen LogP contribution < -0.4 is 5.43 Å². The van der Waals surface area contributed by atoms with Crippen LogP contribution in [-0.4, -0.2) is 26.4 Å². The van der Waals surface area contributed by atoms with Gasteiger partial charge in [0, 0.05) is 24.1 Å². The van der Waals surface area contributed by atoms with Gasteiger partial charge in [-0.05, 0) is 37.0 Å². The van der Waals surface area contributed by atoms with Gasteiger partial charge in [0.2, 0.25) is 0 Å². The molecule has 0 bridgehead atoms. The molecule has 24 heavy (non-hydrogen) atoms. The second kappa shape index (κ2) is 8.63. The molecule has 128 valence electrons. The Kier molecular flexibility index (Phi) is 6.54. The Labute approximate surface area is 146 Å². The van der Waals surface area contributed by atoms with Gasteiger partial charge >= 0.3 is 0 Å². The monoisotopic (exact) mass is 345 g/mol. The van der Waals surface area contributed by atoms with Crippen molar-refractivity contribution in [3.63, 3.8) is 0 Å². The number of carbonyl (C=O) groups excluding carboxylic acids is 1. The van der Waals surface area contributed by atoms with Crippen LogP contribution in [0.5, 0.6) is 0 Å². The van der Waals surface area contributed by atoms with Crippen LogP contribution in [0.25, 0.3) is 0 Å². The number of aryl methyl sites for hydroxylation is 1. The van der Waals surface area contributed by atoms with Gasteiger partial charge in [-0.15, -0.1) is 10.2 Å². The Morgan fingerprint density at radius 3 is 2.67 bits per heavy atom. The number of nitrogens with one attached hydrogen (secondary N) is 1. The lowest BCUT2D eigenvalue weighted by atomic mass is 10.1. The van der Waals surface area contributed by atoms with Crippen molar-refractivity contribution in [3.8, 4) is 0 Å². The van der Waals surface area contributed by atoms with E-state index in [9.17, 15) is 4.79 Å². The number of rotatable bonds is 7. The number of hydrazone groups is 1. The number of aromatic nitrogens is 3. The molecule has 0 aliphatic carbocycles. The first-order chi connectivity index (χ1) is 11.5. The first kappa shape index (κ1) is 18.2. The molecule has 0 saturated heterocycles. The summed E-state index contributed by atoms with van der Waals surface area (Å²) >= 11 is 1.61. The van der Waals surface area contributed by atoms with Crippen molar-refractivity contribution >= 4 is 23.4 Å². The van der Waals surface area contributed by atoms with E-state index in [1.807, 2.05) is 42.8 Å². The van der Waals surface area contributed by atoms with Gasteiger partial charge in [-0.2, -0.15) is 5.10 Å². The highest BCUT2D eigenvalue weighted by atomic mass is 32.2. The van der Waals surface area contributed by atoms with Gasteiger partial charge in [-0.25, -0.2) is 5.43 Å². The number of nitrogens with zero attached hydrogens (tertiary/aromatic N) is 4. The highest BCUT2D eigenvalue weighted by molar-refractivity contribution is 7.98. The number of hydrogen-bond donors (Lipinski definition) is 1. The summed E-state index contributed by atoms with van der Waals surface area (Å²) in [7, 11) is 1.91. The Morgan fingerprint density at radius 1 is 1.38 bits per heavy atom. The molecular formula is C17H23N5OS. The molecule has 7 heteroatoms. The fourth-order valence-corrected chi connectivity index (χ4v) is 2.76. The highest BCUT2D eigenvalue weighted by Gasteiger charge is 2.07. The van der Waals surface area contributed by atoms with E-state index in [2.05, 4.69) is 34.6 Å². The van der Waals surface area contributed by atoms with Crippen molar-refractivity contribution in [1.29, 1.82) is 0 Å². The number of carbonyl (C=O) groups is 1. The molecule has 0 unspecified atom stereocenters. The van der Waals surface area contributed by atoms with Crippen molar-refractivity contribution < 1.29 is 4.79 Å². The van der Waals surface area contributed by atoms with Crippen molar-refractivity contribution in [3.05, 3.63) is 41.7 Å². The molecule has 0 radical (unpaired) electrons. The van der Waals surface area contributed by atoms with Crippen LogP contribution in [0.15, 0.2) is 40.9 Å². The van der Waals surface area contributed by atoms with Gasteiger partial charge in [0.05, 0.1) is 0 Å². The van der Waals surface area contributed by atoms with E-state index in [1.165, 1.54) is 0 Å². The molecule has 1 aromatic heterocycles. The third-order valence-corrected chi connectivity index (χ3v) is 5.02. The van der Waals surface area contributed by atoms with E-state index in [4.69, 9.17) is 0 Å². The number of hydrogen-bond acceptors (Lipinski definition) is 5. The van der Waals surface area contributed by atoms with Crippen molar-refractivity contribution in [2.75, 3.05) is 0 Å². The summed E-state index contributed by atoms with van der Waals surface area (Å²) < 4.78 is 1.88. The molecule has 2 aromatic rings. The maximum Gasteiger partial charge on any atom is 0.271 e. The van der Waals surface area contributed by atoms with Crippen LogP contribution in [0.4, 0.5) is 0 Å². The summed E-state index contributed by atoms with van der Waals surface area (Å²) in [6.45, 7) is 6.12. The molecular weight excluding hydrogens is 322 g/mol. The highest BCUT2D eigenvalue weighted by Crippen LogP contribution is 2.20. The molecule has 6 nitrogen and oxygen atoms in total. The van der Waals surface area contributed by atoms with E-state index in [0.29, 0.717) is 11.5 Å². The molecule has 0 aliphatic rings. The molecule has 0 aliphatic heterocycles. The smallest absolute Gasteiger partial charge is 0.271 e. The predicted octanol–water partition coefficient (Wildman–Crippen LogP) is 3.26. The fourth-order valence-electron chi connectivity index (χ4n) is 1.91.